The number of hydrogen-bond donors (Lipinski definition) is 1. The van der Waals surface area contributed by atoms with Crippen LogP contribution in [-0.4, -0.2) is 78.4 Å². The first-order valence-corrected chi connectivity index (χ1v) is 11.5. The Balaban J connectivity index is 1.82. The van der Waals surface area contributed by atoms with Gasteiger partial charge >= 0.3 is 12.0 Å². The highest BCUT2D eigenvalue weighted by Crippen LogP contribution is 2.39. The number of esters is 1. The van der Waals surface area contributed by atoms with E-state index in [2.05, 4.69) is 0 Å². The Morgan fingerprint density at radius 2 is 1.64 bits per heavy atom. The van der Waals surface area contributed by atoms with Gasteiger partial charge in [-0.15, -0.1) is 0 Å². The molecule has 1 aliphatic heterocycles. The Morgan fingerprint density at radius 1 is 0.972 bits per heavy atom. The first-order chi connectivity index (χ1) is 17.3. The van der Waals surface area contributed by atoms with Crippen molar-refractivity contribution < 1.29 is 29.0 Å². The lowest BCUT2D eigenvalue weighted by Crippen LogP contribution is -2.51. The van der Waals surface area contributed by atoms with E-state index in [1.54, 1.807) is 18.9 Å². The van der Waals surface area contributed by atoms with E-state index in [4.69, 9.17) is 19.3 Å². The van der Waals surface area contributed by atoms with Crippen LogP contribution >= 0.6 is 0 Å². The van der Waals surface area contributed by atoms with Crippen LogP contribution in [-0.2, 0) is 14.9 Å². The van der Waals surface area contributed by atoms with Gasteiger partial charge in [0.15, 0.2) is 0 Å². The van der Waals surface area contributed by atoms with Crippen LogP contribution in [0.25, 0.3) is 16.9 Å². The molecule has 1 aliphatic rings. The third-order valence-electron chi connectivity index (χ3n) is 6.62. The van der Waals surface area contributed by atoms with Crippen molar-refractivity contribution in [2.24, 2.45) is 0 Å². The van der Waals surface area contributed by atoms with Crippen molar-refractivity contribution in [3.8, 4) is 28.4 Å². The van der Waals surface area contributed by atoms with Gasteiger partial charge in [-0.25, -0.2) is 14.5 Å². The Morgan fingerprint density at radius 3 is 2.22 bits per heavy atom. The zero-order valence-electron chi connectivity index (χ0n) is 20.8. The van der Waals surface area contributed by atoms with E-state index in [0.717, 1.165) is 22.7 Å². The molecule has 10 heteroatoms. The molecule has 0 spiro atoms. The molecule has 10 nitrogen and oxygen atoms in total. The highest BCUT2D eigenvalue weighted by molar-refractivity contribution is 5.84. The van der Waals surface area contributed by atoms with Gasteiger partial charge in [0.1, 0.15) is 16.9 Å². The number of urea groups is 1. The van der Waals surface area contributed by atoms with Gasteiger partial charge in [-0.2, -0.15) is 5.10 Å². The molecule has 1 fully saturated rings. The summed E-state index contributed by atoms with van der Waals surface area (Å²) in [6, 6.07) is 16.5. The number of nitrogens with zero attached hydrogens (tertiary/aromatic N) is 4. The third kappa shape index (κ3) is 4.59. The lowest BCUT2D eigenvalue weighted by atomic mass is 9.75. The van der Waals surface area contributed by atoms with Crippen molar-refractivity contribution in [3.63, 3.8) is 0 Å². The maximum absolute atomic E-state index is 13.2. The predicted octanol–water partition coefficient (Wildman–Crippen LogP) is 3.50. The number of carbonyl (C=O) groups excluding carboxylic acids is 2. The zero-order valence-corrected chi connectivity index (χ0v) is 20.8. The number of piperidine rings is 1. The quantitative estimate of drug-likeness (QED) is 0.318. The van der Waals surface area contributed by atoms with Crippen molar-refractivity contribution in [1.29, 1.82) is 0 Å². The molecule has 0 saturated carbocycles. The summed E-state index contributed by atoms with van der Waals surface area (Å²) in [6.07, 6.45) is 0.604. The molecule has 0 radical (unpaired) electrons. The second kappa shape index (κ2) is 10.3. The van der Waals surface area contributed by atoms with Crippen molar-refractivity contribution in [3.05, 3.63) is 60.3 Å². The molecule has 1 saturated heterocycles. The Hall–Kier alpha value is -4.05. The minimum Gasteiger partial charge on any atom is -0.497 e. The molecule has 2 aromatic carbocycles. The number of aromatic nitrogens is 2. The average molecular weight is 495 g/mol. The SMILES string of the molecule is COC(=O)C1(c2cc(-c3ccc(OC)cc3)n(-c3cccc(OC)c3)n2)CCN(C(=O)N(C)O)CC1. The number of benzene rings is 2. The largest absolute Gasteiger partial charge is 0.497 e. The molecule has 0 unspecified atom stereocenters. The van der Waals surface area contributed by atoms with E-state index in [9.17, 15) is 14.8 Å². The van der Waals surface area contributed by atoms with Crippen LogP contribution in [0.3, 0.4) is 0 Å². The first-order valence-electron chi connectivity index (χ1n) is 11.5. The lowest BCUT2D eigenvalue weighted by molar-refractivity contribution is -0.149. The van der Waals surface area contributed by atoms with Gasteiger partial charge in [0.05, 0.1) is 38.4 Å². The van der Waals surface area contributed by atoms with Crippen LogP contribution in [0.15, 0.2) is 54.6 Å². The van der Waals surface area contributed by atoms with Gasteiger partial charge < -0.3 is 19.1 Å². The lowest BCUT2D eigenvalue weighted by Gasteiger charge is -2.39. The van der Waals surface area contributed by atoms with Gasteiger partial charge in [-0.1, -0.05) is 6.07 Å². The smallest absolute Gasteiger partial charge is 0.343 e. The Labute approximate surface area is 209 Å². The molecule has 0 aliphatic carbocycles. The van der Waals surface area contributed by atoms with E-state index >= 15 is 0 Å². The third-order valence-corrected chi connectivity index (χ3v) is 6.62. The Kier molecular flexibility index (Phi) is 7.16. The summed E-state index contributed by atoms with van der Waals surface area (Å²) >= 11 is 0. The number of rotatable bonds is 6. The summed E-state index contributed by atoms with van der Waals surface area (Å²) < 4.78 is 17.7. The normalized spacial score (nSPS) is 14.8. The van der Waals surface area contributed by atoms with Gasteiger partial charge in [-0.05, 0) is 55.3 Å². The van der Waals surface area contributed by atoms with E-state index in [-0.39, 0.29) is 13.1 Å². The minimum absolute atomic E-state index is 0.267. The summed E-state index contributed by atoms with van der Waals surface area (Å²) in [5, 5.41) is 15.0. The number of methoxy groups -OCH3 is 3. The van der Waals surface area contributed by atoms with Crippen molar-refractivity contribution in [1.82, 2.24) is 19.7 Å². The summed E-state index contributed by atoms with van der Waals surface area (Å²) in [4.78, 5) is 27.0. The topological polar surface area (TPSA) is 106 Å². The second-order valence-corrected chi connectivity index (χ2v) is 8.62. The maximum atomic E-state index is 13.2. The van der Waals surface area contributed by atoms with Gasteiger partial charge in [0.2, 0.25) is 0 Å². The molecule has 36 heavy (non-hydrogen) atoms. The average Bonchev–Trinajstić information content (AvgIpc) is 3.38. The van der Waals surface area contributed by atoms with Gasteiger partial charge in [-0.3, -0.25) is 10.0 Å². The molecule has 2 heterocycles. The van der Waals surface area contributed by atoms with Crippen LogP contribution in [0.2, 0.25) is 0 Å². The van der Waals surface area contributed by atoms with Crippen LogP contribution < -0.4 is 9.47 Å². The zero-order chi connectivity index (χ0) is 25.9. The highest BCUT2D eigenvalue weighted by Gasteiger charge is 2.47. The van der Waals surface area contributed by atoms with Gasteiger partial charge in [0, 0.05) is 31.8 Å². The van der Waals surface area contributed by atoms with E-state index in [0.29, 0.717) is 29.3 Å². The molecular formula is C26H30N4O6. The molecule has 1 N–H and O–H groups in total. The number of hydroxylamine groups is 2. The maximum Gasteiger partial charge on any atom is 0.343 e. The van der Waals surface area contributed by atoms with Crippen LogP contribution in [0, 0.1) is 0 Å². The molecule has 4 rings (SSSR count). The van der Waals surface area contributed by atoms with Crippen LogP contribution in [0.4, 0.5) is 4.79 Å². The molecule has 0 atom stereocenters. The fraction of sp³-hybridized carbons (Fsp3) is 0.346. The highest BCUT2D eigenvalue weighted by atomic mass is 16.5. The fourth-order valence-corrected chi connectivity index (χ4v) is 4.57. The minimum atomic E-state index is -1.05. The van der Waals surface area contributed by atoms with Gasteiger partial charge in [0.25, 0.3) is 0 Å². The monoisotopic (exact) mass is 494 g/mol. The molecule has 190 valence electrons. The number of hydrogen-bond acceptors (Lipinski definition) is 7. The number of amides is 2. The standard InChI is InChI=1S/C26H30N4O6/c1-28(33)25(32)29-14-12-26(13-15-29,24(31)36-4)23-17-22(18-8-10-20(34-2)11-9-18)30(27-23)19-6-5-7-21(16-19)35-3/h5-11,16-17,33H,12-15H2,1-4H3. The van der Waals surface area contributed by atoms with Crippen molar-refractivity contribution >= 4 is 12.0 Å². The number of likely N-dealkylation sites (tertiary alicyclic amines) is 1. The summed E-state index contributed by atoms with van der Waals surface area (Å²) in [5.41, 5.74) is 1.92. The fourth-order valence-electron chi connectivity index (χ4n) is 4.57. The summed E-state index contributed by atoms with van der Waals surface area (Å²) in [7, 11) is 5.84. The van der Waals surface area contributed by atoms with Crippen LogP contribution in [0.5, 0.6) is 11.5 Å². The second-order valence-electron chi connectivity index (χ2n) is 8.62. The molecule has 0 bridgehead atoms. The van der Waals surface area contributed by atoms with E-state index < -0.39 is 17.4 Å². The Bertz CT molecular complexity index is 1230. The number of carbonyl (C=O) groups is 2. The molecule has 2 amide bonds. The van der Waals surface area contributed by atoms with Crippen molar-refractivity contribution in [2.75, 3.05) is 41.5 Å². The molecule has 1 aromatic heterocycles. The van der Waals surface area contributed by atoms with E-state index in [1.165, 1.54) is 19.1 Å². The number of ether oxygens (including phenoxy) is 3. The first kappa shape index (κ1) is 25.1. The summed E-state index contributed by atoms with van der Waals surface area (Å²) in [5.74, 6) is 0.986. The predicted molar refractivity (Wildman–Crippen MR) is 132 cm³/mol. The van der Waals surface area contributed by atoms with E-state index in [1.807, 2.05) is 54.6 Å². The molecule has 3 aromatic rings. The van der Waals surface area contributed by atoms with Crippen molar-refractivity contribution in [2.45, 2.75) is 18.3 Å². The van der Waals surface area contributed by atoms with Crippen LogP contribution in [0.1, 0.15) is 18.5 Å². The molecular weight excluding hydrogens is 464 g/mol. The summed E-state index contributed by atoms with van der Waals surface area (Å²) in [6.45, 7) is 0.533.